The molecule has 0 saturated carbocycles. The van der Waals surface area contributed by atoms with Crippen molar-refractivity contribution in [2.24, 2.45) is 5.16 Å². The molecule has 1 N–H and O–H groups in total. The lowest BCUT2D eigenvalue weighted by Gasteiger charge is -2.24. The zero-order chi connectivity index (χ0) is 14.9. The molecule has 108 valence electrons. The van der Waals surface area contributed by atoms with E-state index in [4.69, 9.17) is 21.5 Å². The van der Waals surface area contributed by atoms with Crippen molar-refractivity contribution in [2.75, 3.05) is 0 Å². The molecule has 0 saturated heterocycles. The van der Waals surface area contributed by atoms with Gasteiger partial charge in [-0.05, 0) is 38.0 Å². The van der Waals surface area contributed by atoms with Crippen LogP contribution in [0.3, 0.4) is 0 Å². The molecule has 20 heavy (non-hydrogen) atoms. The van der Waals surface area contributed by atoms with E-state index in [2.05, 4.69) is 5.16 Å². The first kappa shape index (κ1) is 14.7. The van der Waals surface area contributed by atoms with Crippen molar-refractivity contribution in [3.8, 4) is 0 Å². The van der Waals surface area contributed by atoms with Crippen molar-refractivity contribution in [2.45, 2.75) is 39.5 Å². The molecule has 1 aromatic rings. The average Bonchev–Trinajstić information content (AvgIpc) is 2.78. The molecule has 0 aromatic heterocycles. The van der Waals surface area contributed by atoms with Crippen molar-refractivity contribution in [3.05, 3.63) is 34.9 Å². The third-order valence-corrected chi connectivity index (χ3v) is 3.20. The summed E-state index contributed by atoms with van der Waals surface area (Å²) in [4.78, 5) is 13.6. The summed E-state index contributed by atoms with van der Waals surface area (Å²) in [6.07, 6.45) is -0.336. The maximum Gasteiger partial charge on any atom is 0.410 e. The summed E-state index contributed by atoms with van der Waals surface area (Å²) >= 11 is 5.77. The van der Waals surface area contributed by atoms with Gasteiger partial charge in [0.05, 0.1) is 0 Å². The summed E-state index contributed by atoms with van der Waals surface area (Å²) < 4.78 is 5.35. The van der Waals surface area contributed by atoms with E-state index in [0.717, 1.165) is 11.1 Å². The molecule has 0 fully saturated rings. The van der Waals surface area contributed by atoms with Gasteiger partial charge in [0.1, 0.15) is 5.60 Å². The van der Waals surface area contributed by atoms with Crippen LogP contribution in [0, 0.1) is 0 Å². The molecule has 0 aliphatic carbocycles. The second-order valence-electron chi connectivity index (χ2n) is 5.71. The number of carbonyl (C=O) groups is 1. The van der Waals surface area contributed by atoms with Gasteiger partial charge in [-0.25, -0.2) is 4.79 Å². The number of ether oxygens (including phenoxy) is 1. The second-order valence-corrected chi connectivity index (χ2v) is 6.07. The van der Waals surface area contributed by atoms with Crippen molar-refractivity contribution in [1.29, 1.82) is 0 Å². The molecule has 1 aromatic carbocycles. The maximum absolute atomic E-state index is 12.0. The summed E-state index contributed by atoms with van der Waals surface area (Å²) in [6.45, 7) is 6.49. The lowest BCUT2D eigenvalue weighted by molar-refractivity contribution is 0.0242. The highest BCUT2D eigenvalue weighted by molar-refractivity contribution is 6.69. The molecule has 0 radical (unpaired) electrons. The molecule has 0 spiro atoms. The molecule has 0 atom stereocenters. The average molecular weight is 297 g/mol. The monoisotopic (exact) mass is 296 g/mol. The minimum Gasteiger partial charge on any atom is -0.444 e. The van der Waals surface area contributed by atoms with E-state index in [9.17, 15) is 4.79 Å². The standard InChI is InChI=1S/C14H17ClN2O3/c1-14(2,3)20-13(18)17-7-10-5-4-9(12(15)16-19)6-11(10)8-17/h4-6,19H,7-8H2,1-3H3/b16-12-. The van der Waals surface area contributed by atoms with Gasteiger partial charge in [0.2, 0.25) is 0 Å². The van der Waals surface area contributed by atoms with Crippen LogP contribution in [0.15, 0.2) is 23.4 Å². The number of nitrogens with zero attached hydrogens (tertiary/aromatic N) is 2. The Morgan fingerprint density at radius 3 is 2.60 bits per heavy atom. The molecule has 0 bridgehead atoms. The van der Waals surface area contributed by atoms with Crippen LogP contribution in [0.1, 0.15) is 37.5 Å². The number of halogens is 1. The van der Waals surface area contributed by atoms with Gasteiger partial charge in [-0.3, -0.25) is 4.90 Å². The van der Waals surface area contributed by atoms with Crippen molar-refractivity contribution < 1.29 is 14.7 Å². The fourth-order valence-electron chi connectivity index (χ4n) is 2.04. The predicted molar refractivity (Wildman–Crippen MR) is 76.1 cm³/mol. The third kappa shape index (κ3) is 3.22. The van der Waals surface area contributed by atoms with Gasteiger partial charge >= 0.3 is 6.09 Å². The molecule has 1 aliphatic rings. The van der Waals surface area contributed by atoms with Crippen molar-refractivity contribution in [1.82, 2.24) is 4.90 Å². The lowest BCUT2D eigenvalue weighted by Crippen LogP contribution is -2.33. The van der Waals surface area contributed by atoms with Gasteiger partial charge < -0.3 is 9.94 Å². The van der Waals surface area contributed by atoms with Gasteiger partial charge in [-0.15, -0.1) is 0 Å². The summed E-state index contributed by atoms with van der Waals surface area (Å²) in [5.41, 5.74) is 2.14. The smallest absolute Gasteiger partial charge is 0.410 e. The van der Waals surface area contributed by atoms with Gasteiger partial charge in [0.15, 0.2) is 5.17 Å². The Morgan fingerprint density at radius 2 is 2.00 bits per heavy atom. The van der Waals surface area contributed by atoms with Crippen LogP contribution in [0.25, 0.3) is 0 Å². The topological polar surface area (TPSA) is 62.1 Å². The number of carbonyl (C=O) groups excluding carboxylic acids is 1. The zero-order valence-electron chi connectivity index (χ0n) is 11.7. The second kappa shape index (κ2) is 5.32. The van der Waals surface area contributed by atoms with Crippen LogP contribution in [0.5, 0.6) is 0 Å². The Balaban J connectivity index is 2.13. The summed E-state index contributed by atoms with van der Waals surface area (Å²) in [6, 6.07) is 5.46. The van der Waals surface area contributed by atoms with Crippen LogP contribution in [0.4, 0.5) is 4.79 Å². The first-order valence-corrected chi connectivity index (χ1v) is 6.65. The Bertz CT molecular complexity index is 564. The summed E-state index contributed by atoms with van der Waals surface area (Å²) in [5, 5.41) is 11.7. The van der Waals surface area contributed by atoms with Crippen LogP contribution < -0.4 is 0 Å². The van der Waals surface area contributed by atoms with Crippen molar-refractivity contribution in [3.63, 3.8) is 0 Å². The molecule has 1 amide bonds. The van der Waals surface area contributed by atoms with Crippen molar-refractivity contribution >= 4 is 22.9 Å². The fraction of sp³-hybridized carbons (Fsp3) is 0.429. The Hall–Kier alpha value is -1.75. The molecule has 6 heteroatoms. The molecular formula is C14H17ClN2O3. The molecular weight excluding hydrogens is 280 g/mol. The van der Waals surface area contributed by atoms with Gasteiger partial charge in [-0.2, -0.15) is 0 Å². The third-order valence-electron chi connectivity index (χ3n) is 2.91. The van der Waals surface area contributed by atoms with Crippen LogP contribution >= 0.6 is 11.6 Å². The lowest BCUT2D eigenvalue weighted by atomic mass is 10.1. The number of hydrogen-bond acceptors (Lipinski definition) is 4. The summed E-state index contributed by atoms with van der Waals surface area (Å²) in [7, 11) is 0. The fourth-order valence-corrected chi connectivity index (χ4v) is 2.15. The molecule has 5 nitrogen and oxygen atoms in total. The predicted octanol–water partition coefficient (Wildman–Crippen LogP) is 3.31. The first-order chi connectivity index (χ1) is 9.30. The van der Waals surface area contributed by atoms with E-state index in [1.54, 1.807) is 11.0 Å². The van der Waals surface area contributed by atoms with Gasteiger partial charge in [0, 0.05) is 18.7 Å². The minimum absolute atomic E-state index is 0.0310. The van der Waals surface area contributed by atoms with Crippen LogP contribution in [0.2, 0.25) is 0 Å². The molecule has 1 heterocycles. The number of hydrogen-bond donors (Lipinski definition) is 1. The normalized spacial score (nSPS) is 15.2. The highest BCUT2D eigenvalue weighted by Crippen LogP contribution is 2.26. The molecule has 1 aliphatic heterocycles. The number of amides is 1. The van der Waals surface area contributed by atoms with E-state index in [-0.39, 0.29) is 11.3 Å². The van der Waals surface area contributed by atoms with E-state index < -0.39 is 5.60 Å². The largest absolute Gasteiger partial charge is 0.444 e. The van der Waals surface area contributed by atoms with E-state index in [1.165, 1.54) is 0 Å². The molecule has 2 rings (SSSR count). The highest BCUT2D eigenvalue weighted by atomic mass is 35.5. The van der Waals surface area contributed by atoms with Gasteiger partial charge in [0.25, 0.3) is 0 Å². The Labute approximate surface area is 122 Å². The first-order valence-electron chi connectivity index (χ1n) is 6.28. The van der Waals surface area contributed by atoms with E-state index >= 15 is 0 Å². The van der Waals surface area contributed by atoms with Crippen LogP contribution in [-0.4, -0.2) is 27.0 Å². The van der Waals surface area contributed by atoms with Crippen LogP contribution in [-0.2, 0) is 17.8 Å². The maximum atomic E-state index is 12.0. The number of rotatable bonds is 1. The SMILES string of the molecule is CC(C)(C)OC(=O)N1Cc2ccc(/C(Cl)=N/O)cc2C1. The number of benzene rings is 1. The van der Waals surface area contributed by atoms with Gasteiger partial charge in [-0.1, -0.05) is 28.9 Å². The molecule has 0 unspecified atom stereocenters. The van der Waals surface area contributed by atoms with E-state index in [0.29, 0.717) is 18.7 Å². The minimum atomic E-state index is -0.510. The number of oxime groups is 1. The summed E-state index contributed by atoms with van der Waals surface area (Å²) in [5.74, 6) is 0. The quantitative estimate of drug-likeness (QED) is 0.491. The highest BCUT2D eigenvalue weighted by Gasteiger charge is 2.27. The zero-order valence-corrected chi connectivity index (χ0v) is 12.4. The number of fused-ring (bicyclic) bond motifs is 1. The Morgan fingerprint density at radius 1 is 1.35 bits per heavy atom. The van der Waals surface area contributed by atoms with E-state index in [1.807, 2.05) is 32.9 Å². The Kier molecular flexibility index (Phi) is 3.90.